The second-order valence-corrected chi connectivity index (χ2v) is 6.01. The Bertz CT molecular complexity index is 625. The van der Waals surface area contributed by atoms with Gasteiger partial charge in [-0.25, -0.2) is 4.39 Å². The van der Waals surface area contributed by atoms with Crippen molar-refractivity contribution in [3.05, 3.63) is 65.0 Å². The number of carbonyl (C=O) groups is 1. The second kappa shape index (κ2) is 6.08. The van der Waals surface area contributed by atoms with Gasteiger partial charge < -0.3 is 4.74 Å². The topological polar surface area (TPSA) is 26.3 Å². The number of halogens is 1. The molecule has 0 unspecified atom stereocenters. The van der Waals surface area contributed by atoms with E-state index in [0.717, 1.165) is 5.56 Å². The summed E-state index contributed by atoms with van der Waals surface area (Å²) in [6, 6.07) is 12.5. The fourth-order valence-corrected chi connectivity index (χ4v) is 2.02. The van der Waals surface area contributed by atoms with Crippen LogP contribution in [0.5, 0.6) is 5.75 Å². The van der Waals surface area contributed by atoms with Gasteiger partial charge in [-0.2, -0.15) is 0 Å². The van der Waals surface area contributed by atoms with Gasteiger partial charge in [0.05, 0.1) is 5.56 Å². The summed E-state index contributed by atoms with van der Waals surface area (Å²) in [4.78, 5) is 10.9. The van der Waals surface area contributed by atoms with Crippen molar-refractivity contribution >= 4 is 6.29 Å². The number of rotatable bonds is 4. The Hall–Kier alpha value is -2.16. The van der Waals surface area contributed by atoms with Crippen molar-refractivity contribution < 1.29 is 13.9 Å². The van der Waals surface area contributed by atoms with Gasteiger partial charge >= 0.3 is 0 Å². The van der Waals surface area contributed by atoms with E-state index >= 15 is 0 Å². The van der Waals surface area contributed by atoms with Crippen LogP contribution in [-0.4, -0.2) is 6.29 Å². The lowest BCUT2D eigenvalue weighted by molar-refractivity contribution is 0.111. The highest BCUT2D eigenvalue weighted by Gasteiger charge is 2.13. The van der Waals surface area contributed by atoms with Crippen LogP contribution < -0.4 is 4.74 Å². The molecule has 110 valence electrons. The molecule has 0 aromatic heterocycles. The fourth-order valence-electron chi connectivity index (χ4n) is 2.02. The predicted molar refractivity (Wildman–Crippen MR) is 81.3 cm³/mol. The zero-order valence-electron chi connectivity index (χ0n) is 12.5. The molecule has 0 heterocycles. The third kappa shape index (κ3) is 3.69. The first kappa shape index (κ1) is 15.2. The minimum absolute atomic E-state index is 0.0381. The highest BCUT2D eigenvalue weighted by Crippen LogP contribution is 2.24. The van der Waals surface area contributed by atoms with Crippen LogP contribution in [0.1, 0.15) is 42.3 Å². The van der Waals surface area contributed by atoms with Gasteiger partial charge in [0.1, 0.15) is 18.2 Å². The van der Waals surface area contributed by atoms with E-state index in [1.165, 1.54) is 17.7 Å². The molecule has 0 atom stereocenters. The molecular weight excluding hydrogens is 267 g/mol. The first-order valence-corrected chi connectivity index (χ1v) is 6.88. The molecule has 0 aliphatic rings. The zero-order valence-corrected chi connectivity index (χ0v) is 12.5. The van der Waals surface area contributed by atoms with Gasteiger partial charge in [0, 0.05) is 0 Å². The number of hydrogen-bond donors (Lipinski definition) is 0. The van der Waals surface area contributed by atoms with Gasteiger partial charge in [0.15, 0.2) is 6.29 Å². The van der Waals surface area contributed by atoms with Gasteiger partial charge in [-0.05, 0) is 28.7 Å². The second-order valence-electron chi connectivity index (χ2n) is 6.01. The van der Waals surface area contributed by atoms with Crippen molar-refractivity contribution in [2.75, 3.05) is 0 Å². The monoisotopic (exact) mass is 286 g/mol. The normalized spacial score (nSPS) is 11.2. The lowest BCUT2D eigenvalue weighted by atomic mass is 9.87. The molecule has 0 radical (unpaired) electrons. The van der Waals surface area contributed by atoms with E-state index < -0.39 is 5.82 Å². The molecule has 2 rings (SSSR count). The van der Waals surface area contributed by atoms with Crippen LogP contribution in [0.3, 0.4) is 0 Å². The van der Waals surface area contributed by atoms with E-state index in [2.05, 4.69) is 32.9 Å². The molecule has 21 heavy (non-hydrogen) atoms. The number of benzene rings is 2. The van der Waals surface area contributed by atoms with Crippen LogP contribution in [0, 0.1) is 5.82 Å². The molecule has 3 heteroatoms. The molecular formula is C18H19FO2. The average molecular weight is 286 g/mol. The van der Waals surface area contributed by atoms with Gasteiger partial charge in [-0.3, -0.25) is 4.79 Å². The van der Waals surface area contributed by atoms with E-state index in [1.54, 1.807) is 6.07 Å². The van der Waals surface area contributed by atoms with Crippen LogP contribution in [-0.2, 0) is 12.0 Å². The molecule has 0 aliphatic heterocycles. The summed E-state index contributed by atoms with van der Waals surface area (Å²) in [5, 5.41) is 0. The van der Waals surface area contributed by atoms with E-state index in [4.69, 9.17) is 4.74 Å². The Balaban J connectivity index is 2.10. The molecule has 0 spiro atoms. The predicted octanol–water partition coefficient (Wildman–Crippen LogP) is 4.51. The van der Waals surface area contributed by atoms with E-state index in [0.29, 0.717) is 12.9 Å². The van der Waals surface area contributed by atoms with Crippen molar-refractivity contribution in [2.24, 2.45) is 0 Å². The Kier molecular flexibility index (Phi) is 4.41. The molecule has 0 N–H and O–H groups in total. The van der Waals surface area contributed by atoms with E-state index in [-0.39, 0.29) is 16.7 Å². The third-order valence-electron chi connectivity index (χ3n) is 3.35. The van der Waals surface area contributed by atoms with Crippen LogP contribution in [0.15, 0.2) is 42.5 Å². The molecule has 0 aliphatic carbocycles. The molecule has 2 nitrogen and oxygen atoms in total. The van der Waals surface area contributed by atoms with Crippen molar-refractivity contribution in [1.82, 2.24) is 0 Å². The largest absolute Gasteiger partial charge is 0.488 e. The first-order valence-electron chi connectivity index (χ1n) is 6.88. The van der Waals surface area contributed by atoms with Crippen molar-refractivity contribution in [2.45, 2.75) is 32.8 Å². The number of aldehydes is 1. The van der Waals surface area contributed by atoms with Crippen LogP contribution in [0.4, 0.5) is 4.39 Å². The van der Waals surface area contributed by atoms with Crippen LogP contribution in [0.2, 0.25) is 0 Å². The minimum Gasteiger partial charge on any atom is -0.488 e. The van der Waals surface area contributed by atoms with Gasteiger partial charge in [-0.15, -0.1) is 0 Å². The Morgan fingerprint density at radius 3 is 2.33 bits per heavy atom. The molecule has 2 aromatic carbocycles. The smallest absolute Gasteiger partial charge is 0.156 e. The van der Waals surface area contributed by atoms with Gasteiger partial charge in [0.2, 0.25) is 0 Å². The third-order valence-corrected chi connectivity index (χ3v) is 3.35. The highest BCUT2D eigenvalue weighted by molar-refractivity contribution is 5.79. The standard InChI is InChI=1S/C18H19FO2/c1-18(2,3)14-9-7-13(8-10-14)12-21-17-6-4-5-16(19)15(17)11-20/h4-11H,12H2,1-3H3. The molecule has 0 saturated carbocycles. The van der Waals surface area contributed by atoms with Crippen LogP contribution >= 0.6 is 0 Å². The summed E-state index contributed by atoms with van der Waals surface area (Å²) in [5.41, 5.74) is 2.28. The van der Waals surface area contributed by atoms with Crippen molar-refractivity contribution in [1.29, 1.82) is 0 Å². The maximum Gasteiger partial charge on any atom is 0.156 e. The van der Waals surface area contributed by atoms with E-state index in [1.807, 2.05) is 12.1 Å². The Labute approximate surface area is 124 Å². The number of ether oxygens (including phenoxy) is 1. The van der Waals surface area contributed by atoms with E-state index in [9.17, 15) is 9.18 Å². The number of carbonyl (C=O) groups excluding carboxylic acids is 1. The van der Waals surface area contributed by atoms with Gasteiger partial charge in [-0.1, -0.05) is 51.1 Å². The molecule has 0 amide bonds. The zero-order chi connectivity index (χ0) is 15.5. The van der Waals surface area contributed by atoms with Crippen LogP contribution in [0.25, 0.3) is 0 Å². The van der Waals surface area contributed by atoms with Crippen molar-refractivity contribution in [3.8, 4) is 5.75 Å². The molecule has 2 aromatic rings. The quantitative estimate of drug-likeness (QED) is 0.773. The van der Waals surface area contributed by atoms with Crippen molar-refractivity contribution in [3.63, 3.8) is 0 Å². The lowest BCUT2D eigenvalue weighted by Crippen LogP contribution is -2.10. The summed E-state index contributed by atoms with van der Waals surface area (Å²) in [7, 11) is 0. The highest BCUT2D eigenvalue weighted by atomic mass is 19.1. The molecule has 0 bridgehead atoms. The Morgan fingerprint density at radius 1 is 1.10 bits per heavy atom. The maximum atomic E-state index is 13.4. The Morgan fingerprint density at radius 2 is 1.76 bits per heavy atom. The summed E-state index contributed by atoms with van der Waals surface area (Å²) >= 11 is 0. The van der Waals surface area contributed by atoms with Gasteiger partial charge in [0.25, 0.3) is 0 Å². The number of hydrogen-bond acceptors (Lipinski definition) is 2. The first-order chi connectivity index (χ1) is 9.91. The summed E-state index contributed by atoms with van der Waals surface area (Å²) < 4.78 is 19.0. The summed E-state index contributed by atoms with van der Waals surface area (Å²) in [5.74, 6) is -0.296. The molecule has 0 saturated heterocycles. The summed E-state index contributed by atoms with van der Waals surface area (Å²) in [6.45, 7) is 6.76. The minimum atomic E-state index is -0.564. The average Bonchev–Trinajstić information content (AvgIpc) is 2.44. The molecule has 0 fully saturated rings. The lowest BCUT2D eigenvalue weighted by Gasteiger charge is -2.19. The summed E-state index contributed by atoms with van der Waals surface area (Å²) in [6.07, 6.45) is 0.480. The fraction of sp³-hybridized carbons (Fsp3) is 0.278. The maximum absolute atomic E-state index is 13.4. The SMILES string of the molecule is CC(C)(C)c1ccc(COc2cccc(F)c2C=O)cc1.